The fourth-order valence-electron chi connectivity index (χ4n) is 1.01. The molecule has 0 aromatic heterocycles. The van der Waals surface area contributed by atoms with E-state index in [4.69, 9.17) is 5.73 Å². The van der Waals surface area contributed by atoms with Crippen molar-refractivity contribution in [2.45, 2.75) is 39.2 Å². The highest BCUT2D eigenvalue weighted by atomic mass is 15.0. The highest BCUT2D eigenvalue weighted by Crippen LogP contribution is 1.91. The topological polar surface area (TPSA) is 50.1 Å². The molecule has 13 heavy (non-hydrogen) atoms. The number of nitrogens with two attached hydrogens (primary N) is 1. The van der Waals surface area contributed by atoms with E-state index < -0.39 is 0 Å². The lowest BCUT2D eigenvalue weighted by Crippen LogP contribution is -2.44. The van der Waals surface area contributed by atoms with Gasteiger partial charge in [0.05, 0.1) is 0 Å². The smallest absolute Gasteiger partial charge is 0.0223 e. The first-order chi connectivity index (χ1) is 6.06. The van der Waals surface area contributed by atoms with E-state index >= 15 is 0 Å². The standard InChI is InChI=1S/C10H25N3/c1-4-5-6-12-7-8-13-9-10(2,3)11/h12-13H,4-9,11H2,1-3H3. The molecule has 0 aromatic rings. The van der Waals surface area contributed by atoms with Crippen LogP contribution in [-0.2, 0) is 0 Å². The summed E-state index contributed by atoms with van der Waals surface area (Å²) in [5, 5.41) is 6.68. The van der Waals surface area contributed by atoms with Crippen LogP contribution in [0.2, 0.25) is 0 Å². The van der Waals surface area contributed by atoms with E-state index in [9.17, 15) is 0 Å². The molecule has 0 fully saturated rings. The summed E-state index contributed by atoms with van der Waals surface area (Å²) in [6.45, 7) is 10.3. The molecule has 3 heteroatoms. The Hall–Kier alpha value is -0.120. The van der Waals surface area contributed by atoms with Gasteiger partial charge in [0.1, 0.15) is 0 Å². The summed E-state index contributed by atoms with van der Waals surface area (Å²) in [6, 6.07) is 0. The van der Waals surface area contributed by atoms with Gasteiger partial charge in [0.25, 0.3) is 0 Å². The third kappa shape index (κ3) is 11.9. The third-order valence-corrected chi connectivity index (χ3v) is 1.77. The second-order valence-corrected chi connectivity index (χ2v) is 4.27. The van der Waals surface area contributed by atoms with Gasteiger partial charge in [-0.1, -0.05) is 13.3 Å². The maximum Gasteiger partial charge on any atom is 0.0223 e. The van der Waals surface area contributed by atoms with Crippen molar-refractivity contribution < 1.29 is 0 Å². The second kappa shape index (κ2) is 7.30. The molecule has 0 amide bonds. The van der Waals surface area contributed by atoms with Gasteiger partial charge in [0.2, 0.25) is 0 Å². The van der Waals surface area contributed by atoms with Gasteiger partial charge in [-0.25, -0.2) is 0 Å². The van der Waals surface area contributed by atoms with Gasteiger partial charge in [-0.2, -0.15) is 0 Å². The molecule has 0 spiro atoms. The van der Waals surface area contributed by atoms with Crippen LogP contribution in [0.4, 0.5) is 0 Å². The molecule has 0 saturated carbocycles. The van der Waals surface area contributed by atoms with E-state index in [0.717, 1.165) is 26.2 Å². The minimum Gasteiger partial charge on any atom is -0.324 e. The van der Waals surface area contributed by atoms with Crippen LogP contribution >= 0.6 is 0 Å². The fraction of sp³-hybridized carbons (Fsp3) is 1.00. The van der Waals surface area contributed by atoms with Crippen LogP contribution < -0.4 is 16.4 Å². The Morgan fingerprint density at radius 1 is 1.08 bits per heavy atom. The predicted octanol–water partition coefficient (Wildman–Crippen LogP) is 0.703. The Morgan fingerprint density at radius 3 is 2.23 bits per heavy atom. The highest BCUT2D eigenvalue weighted by Gasteiger charge is 2.08. The van der Waals surface area contributed by atoms with E-state index in [0.29, 0.717) is 0 Å². The Balaban J connectivity index is 3.00. The van der Waals surface area contributed by atoms with Crippen LogP contribution in [0.1, 0.15) is 33.6 Å². The molecule has 0 unspecified atom stereocenters. The molecule has 0 aliphatic rings. The Bertz CT molecular complexity index is 107. The van der Waals surface area contributed by atoms with E-state index in [2.05, 4.69) is 17.6 Å². The van der Waals surface area contributed by atoms with Crippen LogP contribution in [0.25, 0.3) is 0 Å². The molecule has 0 aromatic carbocycles. The molecule has 0 saturated heterocycles. The zero-order valence-corrected chi connectivity index (χ0v) is 9.32. The van der Waals surface area contributed by atoms with Crippen molar-refractivity contribution in [1.82, 2.24) is 10.6 Å². The molecule has 0 bridgehead atoms. The normalized spacial score (nSPS) is 12.0. The number of hydrogen-bond donors (Lipinski definition) is 3. The first-order valence-corrected chi connectivity index (χ1v) is 5.26. The molecule has 3 nitrogen and oxygen atoms in total. The van der Waals surface area contributed by atoms with E-state index in [1.165, 1.54) is 12.8 Å². The number of nitrogens with one attached hydrogen (secondary N) is 2. The fourth-order valence-corrected chi connectivity index (χ4v) is 1.01. The zero-order chi connectivity index (χ0) is 10.2. The summed E-state index contributed by atoms with van der Waals surface area (Å²) in [4.78, 5) is 0. The minimum absolute atomic E-state index is 0.0938. The van der Waals surface area contributed by atoms with Crippen LogP contribution in [0.5, 0.6) is 0 Å². The molecule has 0 rings (SSSR count). The summed E-state index contributed by atoms with van der Waals surface area (Å²) >= 11 is 0. The molecule has 0 aliphatic heterocycles. The lowest BCUT2D eigenvalue weighted by molar-refractivity contribution is 0.462. The van der Waals surface area contributed by atoms with Crippen LogP contribution in [0, 0.1) is 0 Å². The first-order valence-electron chi connectivity index (χ1n) is 5.26. The summed E-state index contributed by atoms with van der Waals surface area (Å²) in [5.41, 5.74) is 5.72. The quantitative estimate of drug-likeness (QED) is 0.490. The second-order valence-electron chi connectivity index (χ2n) is 4.27. The lowest BCUT2D eigenvalue weighted by atomic mass is 10.1. The molecule has 0 aliphatic carbocycles. The minimum atomic E-state index is -0.0938. The molecule has 80 valence electrons. The van der Waals surface area contributed by atoms with Crippen molar-refractivity contribution in [3.05, 3.63) is 0 Å². The van der Waals surface area contributed by atoms with Crippen molar-refractivity contribution in [3.63, 3.8) is 0 Å². The summed E-state index contributed by atoms with van der Waals surface area (Å²) < 4.78 is 0. The molecule has 0 atom stereocenters. The number of hydrogen-bond acceptors (Lipinski definition) is 3. The highest BCUT2D eigenvalue weighted by molar-refractivity contribution is 4.74. The van der Waals surface area contributed by atoms with Gasteiger partial charge in [0.15, 0.2) is 0 Å². The van der Waals surface area contributed by atoms with Gasteiger partial charge in [-0.3, -0.25) is 0 Å². The van der Waals surface area contributed by atoms with Gasteiger partial charge < -0.3 is 16.4 Å². The SMILES string of the molecule is CCCCNCCNCC(C)(C)N. The molecule has 0 heterocycles. The van der Waals surface area contributed by atoms with Crippen LogP contribution in [-0.4, -0.2) is 31.7 Å². The Labute approximate surface area is 82.5 Å². The zero-order valence-electron chi connectivity index (χ0n) is 9.32. The van der Waals surface area contributed by atoms with Crippen molar-refractivity contribution in [3.8, 4) is 0 Å². The molecule has 0 radical (unpaired) electrons. The average Bonchev–Trinajstić information content (AvgIpc) is 2.01. The molecular weight excluding hydrogens is 162 g/mol. The number of unbranched alkanes of at least 4 members (excludes halogenated alkanes) is 1. The van der Waals surface area contributed by atoms with Crippen LogP contribution in [0.3, 0.4) is 0 Å². The predicted molar refractivity (Wildman–Crippen MR) is 58.9 cm³/mol. The average molecular weight is 187 g/mol. The lowest BCUT2D eigenvalue weighted by Gasteiger charge is -2.18. The Morgan fingerprint density at radius 2 is 1.69 bits per heavy atom. The van der Waals surface area contributed by atoms with E-state index in [1.54, 1.807) is 0 Å². The summed E-state index contributed by atoms with van der Waals surface area (Å²) in [6.07, 6.45) is 2.53. The largest absolute Gasteiger partial charge is 0.324 e. The van der Waals surface area contributed by atoms with E-state index in [-0.39, 0.29) is 5.54 Å². The monoisotopic (exact) mass is 187 g/mol. The van der Waals surface area contributed by atoms with Gasteiger partial charge >= 0.3 is 0 Å². The van der Waals surface area contributed by atoms with Crippen LogP contribution in [0.15, 0.2) is 0 Å². The summed E-state index contributed by atoms with van der Waals surface area (Å²) in [7, 11) is 0. The third-order valence-electron chi connectivity index (χ3n) is 1.77. The van der Waals surface area contributed by atoms with Gasteiger partial charge in [-0.15, -0.1) is 0 Å². The van der Waals surface area contributed by atoms with Crippen molar-refractivity contribution in [2.24, 2.45) is 5.73 Å². The molecular formula is C10H25N3. The maximum atomic E-state index is 5.81. The first kappa shape index (κ1) is 12.9. The van der Waals surface area contributed by atoms with Gasteiger partial charge in [0, 0.05) is 25.2 Å². The van der Waals surface area contributed by atoms with Crippen molar-refractivity contribution >= 4 is 0 Å². The molecule has 4 N–H and O–H groups in total. The number of rotatable bonds is 8. The maximum absolute atomic E-state index is 5.81. The van der Waals surface area contributed by atoms with Crippen molar-refractivity contribution in [1.29, 1.82) is 0 Å². The van der Waals surface area contributed by atoms with E-state index in [1.807, 2.05) is 13.8 Å². The summed E-state index contributed by atoms with van der Waals surface area (Å²) in [5.74, 6) is 0. The Kier molecular flexibility index (Phi) is 7.23. The van der Waals surface area contributed by atoms with Gasteiger partial charge in [-0.05, 0) is 26.8 Å². The van der Waals surface area contributed by atoms with Crippen molar-refractivity contribution in [2.75, 3.05) is 26.2 Å².